The van der Waals surface area contributed by atoms with Gasteiger partial charge in [0, 0.05) is 43.2 Å². The summed E-state index contributed by atoms with van der Waals surface area (Å²) in [4.78, 5) is 9.81. The second kappa shape index (κ2) is 18.1. The summed E-state index contributed by atoms with van der Waals surface area (Å²) in [5.74, 6) is 5.02. The van der Waals surface area contributed by atoms with Crippen molar-refractivity contribution in [3.8, 4) is 51.3 Å². The Morgan fingerprint density at radius 3 is 1.78 bits per heavy atom. The second-order valence-electron chi connectivity index (χ2n) is 21.8. The first-order valence-electron chi connectivity index (χ1n) is 23.6. The van der Waals surface area contributed by atoms with Crippen LogP contribution in [0.1, 0.15) is 130 Å². The van der Waals surface area contributed by atoms with E-state index in [0.29, 0.717) is 11.8 Å². The Hall–Kier alpha value is -5.75. The van der Waals surface area contributed by atoms with Crippen molar-refractivity contribution in [2.24, 2.45) is 0 Å². The molecule has 0 bridgehead atoms. The first kappa shape index (κ1) is 47.7. The third-order valence-corrected chi connectivity index (χ3v) is 13.1. The van der Waals surface area contributed by atoms with E-state index in [-0.39, 0.29) is 43.1 Å². The molecule has 5 nitrogen and oxygen atoms in total. The van der Waals surface area contributed by atoms with Crippen LogP contribution in [0.25, 0.3) is 39.4 Å². The van der Waals surface area contributed by atoms with E-state index in [2.05, 4.69) is 203 Å². The van der Waals surface area contributed by atoms with Crippen LogP contribution >= 0.6 is 0 Å². The molecule has 0 unspecified atom stereocenters. The van der Waals surface area contributed by atoms with Gasteiger partial charge < -0.3 is 19.0 Å². The Bertz CT molecular complexity index is 3070. The van der Waals surface area contributed by atoms with Gasteiger partial charge in [-0.1, -0.05) is 145 Å². The Kier molecular flexibility index (Phi) is 12.9. The van der Waals surface area contributed by atoms with Gasteiger partial charge >= 0.3 is 0 Å². The SMILES string of the molecule is CC(C)(C)c1ccc(-c2[c-]cccc2)nc1.CC(C)c1cccc(C(C)C)c1-n1c(-c2[c-]cc3c(c2)B2c4ccc(C(C)(C)C)cc4Oc4cc(C(C)(C)C)cc(c42)O3)nc2ccccc21.[Ir]. The fourth-order valence-electron chi connectivity index (χ4n) is 9.22. The molecular formula is C60H62BIrN3O2-2. The van der Waals surface area contributed by atoms with Gasteiger partial charge in [-0.15, -0.1) is 65.1 Å². The molecule has 0 fully saturated rings. The molecule has 0 saturated carbocycles. The van der Waals surface area contributed by atoms with E-state index in [1.165, 1.54) is 33.5 Å². The van der Waals surface area contributed by atoms with Crippen molar-refractivity contribution in [3.63, 3.8) is 0 Å². The molecule has 2 aliphatic heterocycles. The molecule has 7 heteroatoms. The standard InChI is InChI=1S/C45H46BN2O2.C15H16N.Ir/c1-26(2)31-14-13-15-32(27(3)4)42(31)48-36-17-12-11-16-35(36)47-43(48)28-18-21-37-34(22-28)46-33-20-19-29(44(5,6)7)23-38(33)50-40-25-30(45(8,9)10)24-39(49-37)41(40)46;1-15(2,3)13-9-10-14(16-11-13)12-7-5-4-6-8-12;/h11-17,19-27H,1-10H3;4-7,9-11H,1-3H3;/q2*-1;. The van der Waals surface area contributed by atoms with Crippen molar-refractivity contribution >= 4 is 34.1 Å². The predicted molar refractivity (Wildman–Crippen MR) is 276 cm³/mol. The Morgan fingerprint density at radius 1 is 0.567 bits per heavy atom. The first-order chi connectivity index (χ1) is 31.3. The zero-order chi connectivity index (χ0) is 46.9. The molecule has 0 N–H and O–H groups in total. The first-order valence-corrected chi connectivity index (χ1v) is 23.6. The number of nitrogens with zero attached hydrogens (tertiary/aromatic N) is 3. The number of ether oxygens (including phenoxy) is 2. The maximum absolute atomic E-state index is 6.81. The zero-order valence-electron chi connectivity index (χ0n) is 41.3. The number of para-hydroxylation sites is 3. The number of hydrogen-bond donors (Lipinski definition) is 0. The van der Waals surface area contributed by atoms with Gasteiger partial charge in [0.05, 0.1) is 16.9 Å². The summed E-state index contributed by atoms with van der Waals surface area (Å²) < 4.78 is 16.0. The van der Waals surface area contributed by atoms with Gasteiger partial charge in [0.1, 0.15) is 17.2 Å². The fourth-order valence-corrected chi connectivity index (χ4v) is 9.22. The summed E-state index contributed by atoms with van der Waals surface area (Å²) in [7, 11) is 0. The molecule has 343 valence electrons. The van der Waals surface area contributed by atoms with E-state index < -0.39 is 0 Å². The van der Waals surface area contributed by atoms with Gasteiger partial charge in [0.15, 0.2) is 0 Å². The van der Waals surface area contributed by atoms with Crippen molar-refractivity contribution in [2.45, 2.75) is 118 Å². The van der Waals surface area contributed by atoms with E-state index in [1.54, 1.807) is 0 Å². The largest absolute Gasteiger partial charge is 0.503 e. The molecule has 6 aromatic carbocycles. The zero-order valence-corrected chi connectivity index (χ0v) is 43.7. The number of aromatic nitrogens is 3. The summed E-state index contributed by atoms with van der Waals surface area (Å²) in [6, 6.07) is 49.6. The van der Waals surface area contributed by atoms with Gasteiger partial charge in [-0.3, -0.25) is 4.98 Å². The van der Waals surface area contributed by atoms with Gasteiger partial charge in [-0.25, -0.2) is 0 Å². The van der Waals surface area contributed by atoms with Crippen LogP contribution in [-0.4, -0.2) is 21.2 Å². The van der Waals surface area contributed by atoms with Crippen molar-refractivity contribution < 1.29 is 29.6 Å². The summed E-state index contributed by atoms with van der Waals surface area (Å²) in [5.41, 5.74) is 16.0. The molecule has 0 spiro atoms. The molecule has 0 amide bonds. The monoisotopic (exact) mass is 1060 g/mol. The van der Waals surface area contributed by atoms with Crippen molar-refractivity contribution in [3.05, 3.63) is 167 Å². The van der Waals surface area contributed by atoms with Crippen molar-refractivity contribution in [2.75, 3.05) is 0 Å². The minimum Gasteiger partial charge on any atom is -0.503 e. The van der Waals surface area contributed by atoms with E-state index >= 15 is 0 Å². The van der Waals surface area contributed by atoms with Gasteiger partial charge in [-0.2, -0.15) is 0 Å². The van der Waals surface area contributed by atoms with Crippen LogP contribution in [-0.2, 0) is 36.4 Å². The minimum atomic E-state index is -0.0717. The molecule has 8 aromatic rings. The molecule has 2 aliphatic rings. The Labute approximate surface area is 412 Å². The smallest absolute Gasteiger partial charge is 0.241 e. The van der Waals surface area contributed by atoms with Crippen LogP contribution < -0.4 is 25.9 Å². The van der Waals surface area contributed by atoms with Crippen molar-refractivity contribution in [1.82, 2.24) is 14.5 Å². The topological polar surface area (TPSA) is 49.2 Å². The van der Waals surface area contributed by atoms with Crippen LogP contribution in [0.4, 0.5) is 0 Å². The van der Waals surface area contributed by atoms with E-state index in [4.69, 9.17) is 14.5 Å². The molecule has 10 rings (SSSR count). The summed E-state index contributed by atoms with van der Waals surface area (Å²) >= 11 is 0. The maximum atomic E-state index is 6.81. The molecule has 0 saturated heterocycles. The maximum Gasteiger partial charge on any atom is 0.241 e. The third kappa shape index (κ3) is 9.18. The summed E-state index contributed by atoms with van der Waals surface area (Å²) in [6.07, 6.45) is 1.95. The van der Waals surface area contributed by atoms with Crippen LogP contribution in [0, 0.1) is 12.1 Å². The predicted octanol–water partition coefficient (Wildman–Crippen LogP) is 13.9. The van der Waals surface area contributed by atoms with Crippen LogP contribution in [0.5, 0.6) is 23.0 Å². The number of benzene rings is 6. The molecule has 2 aromatic heterocycles. The van der Waals surface area contributed by atoms with Gasteiger partial charge in [0.25, 0.3) is 0 Å². The van der Waals surface area contributed by atoms with Gasteiger partial charge in [0.2, 0.25) is 6.71 Å². The normalized spacial score (nSPS) is 12.9. The van der Waals surface area contributed by atoms with Crippen LogP contribution in [0.15, 0.2) is 128 Å². The van der Waals surface area contributed by atoms with E-state index in [9.17, 15) is 0 Å². The number of pyridine rings is 1. The Balaban J connectivity index is 0.000000303. The molecule has 0 aliphatic carbocycles. The second-order valence-corrected chi connectivity index (χ2v) is 21.8. The number of hydrogen-bond acceptors (Lipinski definition) is 4. The average Bonchev–Trinajstić information content (AvgIpc) is 3.67. The van der Waals surface area contributed by atoms with Crippen LogP contribution in [0.2, 0.25) is 0 Å². The number of rotatable bonds is 5. The van der Waals surface area contributed by atoms with Crippen molar-refractivity contribution in [1.29, 1.82) is 0 Å². The molecule has 4 heterocycles. The molecule has 0 atom stereocenters. The molecule has 67 heavy (non-hydrogen) atoms. The summed E-state index contributed by atoms with van der Waals surface area (Å²) in [5, 5.41) is 0. The van der Waals surface area contributed by atoms with E-state index in [0.717, 1.165) is 73.1 Å². The average molecular weight is 1060 g/mol. The summed E-state index contributed by atoms with van der Waals surface area (Å²) in [6.45, 7) is 29.1. The molecular weight excluding hydrogens is 998 g/mol. The number of imidazole rings is 1. The Morgan fingerprint density at radius 2 is 1.18 bits per heavy atom. The van der Waals surface area contributed by atoms with Gasteiger partial charge in [-0.05, 0) is 97.4 Å². The third-order valence-electron chi connectivity index (χ3n) is 13.1. The number of fused-ring (bicyclic) bond motifs is 5. The minimum absolute atomic E-state index is 0. The van der Waals surface area contributed by atoms with Crippen LogP contribution in [0.3, 0.4) is 0 Å². The molecule has 1 radical (unpaired) electrons. The fraction of sp³-hybridized carbons (Fsp3) is 0.300. The quantitative estimate of drug-likeness (QED) is 0.127. The van der Waals surface area contributed by atoms with E-state index in [1.807, 2.05) is 36.5 Å².